The first-order valence-electron chi connectivity index (χ1n) is 3.63. The van der Waals surface area contributed by atoms with Gasteiger partial charge < -0.3 is 0 Å². The summed E-state index contributed by atoms with van der Waals surface area (Å²) in [4.78, 5) is 15.1. The largest absolute Gasteiger partial charge is 0.255 e. The highest BCUT2D eigenvalue weighted by molar-refractivity contribution is 7.19. The number of fused-ring (bicyclic) bond motifs is 1. The van der Waals surface area contributed by atoms with Crippen LogP contribution in [0.1, 0.15) is 4.88 Å². The van der Waals surface area contributed by atoms with Crippen molar-refractivity contribution in [2.75, 3.05) is 0 Å². The Kier molecular flexibility index (Phi) is 2.24. The van der Waals surface area contributed by atoms with Crippen LogP contribution in [0.25, 0.3) is 10.2 Å². The Hall–Kier alpha value is -1.000. The lowest BCUT2D eigenvalue weighted by Gasteiger charge is -1.88. The molecule has 0 radical (unpaired) electrons. The van der Waals surface area contributed by atoms with E-state index < -0.39 is 0 Å². The molecule has 0 saturated carbocycles. The van der Waals surface area contributed by atoms with Crippen molar-refractivity contribution < 1.29 is 0 Å². The van der Waals surface area contributed by atoms with Gasteiger partial charge in [0.25, 0.3) is 0 Å². The molecule has 0 aromatic carbocycles. The Morgan fingerprint density at radius 2 is 2.46 bits per heavy atom. The van der Waals surface area contributed by atoms with E-state index in [1.54, 1.807) is 12.3 Å². The van der Waals surface area contributed by atoms with E-state index in [2.05, 4.69) is 10.2 Å². The van der Waals surface area contributed by atoms with Gasteiger partial charge in [-0.25, -0.2) is 0 Å². The van der Waals surface area contributed by atoms with Crippen molar-refractivity contribution in [3.05, 3.63) is 33.1 Å². The summed E-state index contributed by atoms with van der Waals surface area (Å²) >= 11 is 7.39. The minimum atomic E-state index is 0.192. The third-order valence-corrected chi connectivity index (χ3v) is 3.20. The summed E-state index contributed by atoms with van der Waals surface area (Å²) < 4.78 is 0.919. The van der Waals surface area contributed by atoms with Gasteiger partial charge in [-0.05, 0) is 12.1 Å². The van der Waals surface area contributed by atoms with E-state index in [0.29, 0.717) is 5.02 Å². The first kappa shape index (κ1) is 8.59. The van der Waals surface area contributed by atoms with Crippen molar-refractivity contribution >= 4 is 33.2 Å². The summed E-state index contributed by atoms with van der Waals surface area (Å²) in [6.45, 7) is 0.192. The van der Waals surface area contributed by atoms with Gasteiger partial charge in [0, 0.05) is 11.1 Å². The van der Waals surface area contributed by atoms with Crippen molar-refractivity contribution in [2.45, 2.75) is 6.54 Å². The van der Waals surface area contributed by atoms with Gasteiger partial charge in [0.1, 0.15) is 6.54 Å². The normalized spacial score (nSPS) is 10.5. The van der Waals surface area contributed by atoms with Gasteiger partial charge in [-0.1, -0.05) is 16.8 Å². The van der Waals surface area contributed by atoms with Gasteiger partial charge in [-0.2, -0.15) is 4.91 Å². The van der Waals surface area contributed by atoms with Crippen molar-refractivity contribution in [1.82, 2.24) is 4.98 Å². The maximum atomic E-state index is 10.0. The van der Waals surface area contributed by atoms with Crippen LogP contribution in [0, 0.1) is 4.91 Å². The lowest BCUT2D eigenvalue weighted by molar-refractivity contribution is 1.09. The van der Waals surface area contributed by atoms with E-state index in [9.17, 15) is 4.91 Å². The van der Waals surface area contributed by atoms with Crippen LogP contribution in [0.15, 0.2) is 23.5 Å². The zero-order valence-corrected chi connectivity index (χ0v) is 8.10. The summed E-state index contributed by atoms with van der Waals surface area (Å²) in [5.74, 6) is 0. The molecule has 0 aliphatic rings. The summed E-state index contributed by atoms with van der Waals surface area (Å²) in [5.41, 5.74) is 0.830. The molecule has 0 aliphatic carbocycles. The van der Waals surface area contributed by atoms with Crippen LogP contribution < -0.4 is 0 Å². The average Bonchev–Trinajstić information content (AvgIpc) is 2.49. The second kappa shape index (κ2) is 3.40. The number of aromatic nitrogens is 1. The highest BCUT2D eigenvalue weighted by atomic mass is 35.5. The molecule has 2 heterocycles. The Balaban J connectivity index is 2.61. The Labute approximate surface area is 83.3 Å². The number of hydrogen-bond acceptors (Lipinski definition) is 4. The van der Waals surface area contributed by atoms with Crippen LogP contribution in [0.3, 0.4) is 0 Å². The van der Waals surface area contributed by atoms with Gasteiger partial charge in [0.15, 0.2) is 0 Å². The fraction of sp³-hybridized carbons (Fsp3) is 0.125. The van der Waals surface area contributed by atoms with E-state index in [-0.39, 0.29) is 6.54 Å². The highest BCUT2D eigenvalue weighted by Gasteiger charge is 2.05. The van der Waals surface area contributed by atoms with E-state index in [1.807, 2.05) is 6.07 Å². The molecule has 0 saturated heterocycles. The fourth-order valence-corrected chi connectivity index (χ4v) is 2.30. The predicted molar refractivity (Wildman–Crippen MR) is 54.1 cm³/mol. The van der Waals surface area contributed by atoms with Gasteiger partial charge in [0.05, 0.1) is 15.2 Å². The number of nitroso groups, excluding NO2 is 1. The van der Waals surface area contributed by atoms with E-state index in [0.717, 1.165) is 15.1 Å². The minimum absolute atomic E-state index is 0.192. The molecule has 66 valence electrons. The summed E-state index contributed by atoms with van der Waals surface area (Å²) in [6, 6.07) is 3.58. The van der Waals surface area contributed by atoms with Crippen LogP contribution in [-0.4, -0.2) is 4.98 Å². The number of hydrogen-bond donors (Lipinski definition) is 0. The molecular weight excluding hydrogens is 208 g/mol. The van der Waals surface area contributed by atoms with E-state index in [1.165, 1.54) is 11.3 Å². The van der Waals surface area contributed by atoms with Crippen molar-refractivity contribution in [3.8, 4) is 0 Å². The van der Waals surface area contributed by atoms with Gasteiger partial charge >= 0.3 is 0 Å². The molecule has 2 aromatic rings. The molecule has 2 rings (SSSR count). The minimum Gasteiger partial charge on any atom is -0.255 e. The molecule has 2 aromatic heterocycles. The molecule has 0 spiro atoms. The standard InChI is InChI=1S/C8H5ClN2OS/c9-6-1-2-10-7-3-5(4-11-12)13-8(6)7/h1-3H,4H2. The lowest BCUT2D eigenvalue weighted by atomic mass is 10.4. The number of thiophene rings is 1. The third-order valence-electron chi connectivity index (χ3n) is 1.64. The average molecular weight is 213 g/mol. The smallest absolute Gasteiger partial charge is 0.115 e. The Morgan fingerprint density at radius 3 is 3.15 bits per heavy atom. The SMILES string of the molecule is O=NCc1cc2nccc(Cl)c2s1. The van der Waals surface area contributed by atoms with Crippen molar-refractivity contribution in [3.63, 3.8) is 0 Å². The molecule has 5 heteroatoms. The molecular formula is C8H5ClN2OS. The topological polar surface area (TPSA) is 42.3 Å². The number of rotatable bonds is 2. The Bertz CT molecular complexity index is 454. The van der Waals surface area contributed by atoms with E-state index >= 15 is 0 Å². The van der Waals surface area contributed by atoms with Crippen LogP contribution in [-0.2, 0) is 6.54 Å². The molecule has 0 N–H and O–H groups in total. The van der Waals surface area contributed by atoms with Crippen LogP contribution in [0.5, 0.6) is 0 Å². The van der Waals surface area contributed by atoms with Crippen molar-refractivity contribution in [1.29, 1.82) is 0 Å². The van der Waals surface area contributed by atoms with Crippen LogP contribution >= 0.6 is 22.9 Å². The Morgan fingerprint density at radius 1 is 1.62 bits per heavy atom. The van der Waals surface area contributed by atoms with E-state index in [4.69, 9.17) is 11.6 Å². The molecule has 0 atom stereocenters. The van der Waals surface area contributed by atoms with Gasteiger partial charge in [-0.15, -0.1) is 11.3 Å². The second-order valence-corrected chi connectivity index (χ2v) is 4.05. The summed E-state index contributed by atoms with van der Waals surface area (Å²) in [6.07, 6.45) is 1.65. The molecule has 0 unspecified atom stereocenters. The zero-order valence-electron chi connectivity index (χ0n) is 6.53. The first-order valence-corrected chi connectivity index (χ1v) is 4.83. The molecule has 0 aliphatic heterocycles. The molecule has 0 fully saturated rings. The summed E-state index contributed by atoms with van der Waals surface area (Å²) in [5, 5.41) is 3.49. The quantitative estimate of drug-likeness (QED) is 0.718. The van der Waals surface area contributed by atoms with Crippen LogP contribution in [0.4, 0.5) is 0 Å². The highest BCUT2D eigenvalue weighted by Crippen LogP contribution is 2.30. The maximum absolute atomic E-state index is 10.0. The monoisotopic (exact) mass is 212 g/mol. The number of halogens is 1. The molecule has 0 bridgehead atoms. The third kappa shape index (κ3) is 1.55. The lowest BCUT2D eigenvalue weighted by Crippen LogP contribution is -1.70. The van der Waals surface area contributed by atoms with Crippen LogP contribution in [0.2, 0.25) is 5.02 Å². The molecule has 3 nitrogen and oxygen atoms in total. The van der Waals surface area contributed by atoms with Crippen molar-refractivity contribution in [2.24, 2.45) is 5.18 Å². The number of nitrogens with zero attached hydrogens (tertiary/aromatic N) is 2. The maximum Gasteiger partial charge on any atom is 0.115 e. The number of pyridine rings is 1. The predicted octanol–water partition coefficient (Wildman–Crippen LogP) is 3.22. The van der Waals surface area contributed by atoms with Gasteiger partial charge in [0.2, 0.25) is 0 Å². The second-order valence-electron chi connectivity index (χ2n) is 2.51. The first-order chi connectivity index (χ1) is 6.31. The molecule has 13 heavy (non-hydrogen) atoms. The zero-order chi connectivity index (χ0) is 9.26. The fourth-order valence-electron chi connectivity index (χ4n) is 1.10. The molecule has 0 amide bonds. The summed E-state index contributed by atoms with van der Waals surface area (Å²) in [7, 11) is 0. The van der Waals surface area contributed by atoms with Gasteiger partial charge in [-0.3, -0.25) is 4.98 Å².